The first-order chi connectivity index (χ1) is 13.6. The molecule has 9 heteroatoms. The first kappa shape index (κ1) is 23.1. The van der Waals surface area contributed by atoms with Crippen molar-refractivity contribution in [3.63, 3.8) is 0 Å². The normalized spacial score (nSPS) is 11.5. The number of benzene rings is 1. The number of esters is 1. The third-order valence-electron chi connectivity index (χ3n) is 4.52. The fourth-order valence-corrected chi connectivity index (χ4v) is 3.81. The lowest BCUT2D eigenvalue weighted by atomic mass is 10.1. The van der Waals surface area contributed by atoms with Crippen molar-refractivity contribution >= 4 is 33.2 Å². The zero-order chi connectivity index (χ0) is 21.8. The van der Waals surface area contributed by atoms with Crippen molar-refractivity contribution in [2.75, 3.05) is 26.6 Å². The van der Waals surface area contributed by atoms with Gasteiger partial charge in [-0.1, -0.05) is 11.6 Å². The lowest BCUT2D eigenvalue weighted by Gasteiger charge is -2.10. The summed E-state index contributed by atoms with van der Waals surface area (Å²) in [6.45, 7) is 4.60. The van der Waals surface area contributed by atoms with Crippen LogP contribution in [0.2, 0.25) is 5.02 Å². The molecule has 0 atom stereocenters. The van der Waals surface area contributed by atoms with Crippen molar-refractivity contribution in [2.24, 2.45) is 0 Å². The van der Waals surface area contributed by atoms with E-state index in [-0.39, 0.29) is 21.3 Å². The maximum atomic E-state index is 12.6. The molecule has 29 heavy (non-hydrogen) atoms. The summed E-state index contributed by atoms with van der Waals surface area (Å²) in [7, 11) is -1.88. The molecule has 0 aliphatic heterocycles. The van der Waals surface area contributed by atoms with Crippen LogP contribution in [0.1, 0.15) is 38.5 Å². The Labute approximate surface area is 175 Å². The summed E-state index contributed by atoms with van der Waals surface area (Å²) in [6, 6.07) is 5.52. The molecular formula is C20H24ClNO6S. The minimum atomic E-state index is -3.51. The number of hydrogen-bond donors (Lipinski definition) is 0. The molecule has 0 bridgehead atoms. The summed E-state index contributed by atoms with van der Waals surface area (Å²) in [5.74, 6) is -1.21. The summed E-state index contributed by atoms with van der Waals surface area (Å²) in [6.07, 6.45) is 1.84. The molecule has 0 radical (unpaired) electrons. The number of aryl methyl sites for hydroxylation is 1. The van der Waals surface area contributed by atoms with Gasteiger partial charge in [0.1, 0.15) is 0 Å². The van der Waals surface area contributed by atoms with Gasteiger partial charge in [0.25, 0.3) is 0 Å². The summed E-state index contributed by atoms with van der Waals surface area (Å²) >= 11 is 5.99. The summed E-state index contributed by atoms with van der Waals surface area (Å²) in [4.78, 5) is 24.8. The lowest BCUT2D eigenvalue weighted by Crippen LogP contribution is -2.16. The van der Waals surface area contributed by atoms with E-state index in [0.717, 1.165) is 30.1 Å². The number of rotatable bonds is 9. The summed E-state index contributed by atoms with van der Waals surface area (Å²) < 4.78 is 35.5. The van der Waals surface area contributed by atoms with E-state index in [2.05, 4.69) is 0 Å². The topological polar surface area (TPSA) is 91.7 Å². The number of carbonyl (C=O) groups excluding carboxylic acids is 2. The molecule has 0 saturated heterocycles. The Balaban J connectivity index is 2.12. The third kappa shape index (κ3) is 5.68. The van der Waals surface area contributed by atoms with Crippen LogP contribution in [0.15, 0.2) is 29.2 Å². The summed E-state index contributed by atoms with van der Waals surface area (Å²) in [5, 5.41) is 0.0474. The van der Waals surface area contributed by atoms with Gasteiger partial charge in [0.15, 0.2) is 16.4 Å². The van der Waals surface area contributed by atoms with Crippen LogP contribution < -0.4 is 0 Å². The Hall–Kier alpha value is -2.16. The van der Waals surface area contributed by atoms with Gasteiger partial charge in [-0.2, -0.15) is 0 Å². The van der Waals surface area contributed by atoms with Gasteiger partial charge < -0.3 is 14.0 Å². The average Bonchev–Trinajstić information content (AvgIpc) is 2.93. The molecule has 1 aromatic carbocycles. The van der Waals surface area contributed by atoms with Crippen LogP contribution in [0.3, 0.4) is 0 Å². The van der Waals surface area contributed by atoms with E-state index >= 15 is 0 Å². The Bertz CT molecular complexity index is 1030. The van der Waals surface area contributed by atoms with E-state index in [1.165, 1.54) is 12.1 Å². The molecular weight excluding hydrogens is 418 g/mol. The molecule has 1 heterocycles. The quantitative estimate of drug-likeness (QED) is 0.337. The van der Waals surface area contributed by atoms with Crippen molar-refractivity contribution in [1.29, 1.82) is 0 Å². The van der Waals surface area contributed by atoms with E-state index in [1.807, 2.05) is 18.4 Å². The fourth-order valence-electron chi connectivity index (χ4n) is 2.97. The largest absolute Gasteiger partial charge is 0.454 e. The first-order valence-corrected chi connectivity index (χ1v) is 11.2. The highest BCUT2D eigenvalue weighted by Gasteiger charge is 2.20. The second kappa shape index (κ2) is 9.56. The molecule has 7 nitrogen and oxygen atoms in total. The van der Waals surface area contributed by atoms with Crippen LogP contribution in [0.25, 0.3) is 0 Å². The van der Waals surface area contributed by atoms with E-state index in [0.29, 0.717) is 18.7 Å². The average molecular weight is 442 g/mol. The zero-order valence-electron chi connectivity index (χ0n) is 16.8. The molecule has 0 N–H and O–H groups in total. The number of ketones is 1. The highest BCUT2D eigenvalue weighted by Crippen LogP contribution is 2.22. The van der Waals surface area contributed by atoms with Crippen LogP contribution in [0, 0.1) is 13.8 Å². The molecule has 0 spiro atoms. The number of hydrogen-bond acceptors (Lipinski definition) is 6. The number of halogens is 1. The second-order valence-electron chi connectivity index (χ2n) is 6.70. The maximum absolute atomic E-state index is 12.6. The molecule has 2 rings (SSSR count). The number of methoxy groups -OCH3 is 1. The third-order valence-corrected chi connectivity index (χ3v) is 5.96. The number of aromatic nitrogens is 1. The van der Waals surface area contributed by atoms with Crippen molar-refractivity contribution in [2.45, 2.75) is 31.7 Å². The van der Waals surface area contributed by atoms with Crippen molar-refractivity contribution < 1.29 is 27.5 Å². The highest BCUT2D eigenvalue weighted by molar-refractivity contribution is 7.90. The number of ether oxygens (including phenoxy) is 2. The smallest absolute Gasteiger partial charge is 0.340 e. The molecule has 0 aliphatic rings. The number of sulfone groups is 1. The second-order valence-corrected chi connectivity index (χ2v) is 9.12. The lowest BCUT2D eigenvalue weighted by molar-refractivity contribution is 0.0474. The van der Waals surface area contributed by atoms with E-state index in [9.17, 15) is 18.0 Å². The Morgan fingerprint density at radius 3 is 2.45 bits per heavy atom. The minimum absolute atomic E-state index is 0.0474. The van der Waals surface area contributed by atoms with Crippen molar-refractivity contribution in [1.82, 2.24) is 4.57 Å². The molecule has 158 valence electrons. The van der Waals surface area contributed by atoms with Gasteiger partial charge in [-0.3, -0.25) is 4.79 Å². The predicted molar refractivity (Wildman–Crippen MR) is 110 cm³/mol. The van der Waals surface area contributed by atoms with Crippen molar-refractivity contribution in [3.05, 3.63) is 51.8 Å². The molecule has 0 saturated carbocycles. The predicted octanol–water partition coefficient (Wildman–Crippen LogP) is 3.24. The number of carbonyl (C=O) groups is 2. The number of nitrogens with zero attached hydrogens (tertiary/aromatic N) is 1. The monoisotopic (exact) mass is 441 g/mol. The molecule has 1 aromatic heterocycles. The van der Waals surface area contributed by atoms with E-state index in [1.54, 1.807) is 13.2 Å². The standard InChI is InChI=1S/C20H24ClNO6S/c1-13-10-16(14(2)22(13)8-5-9-27-3)19(23)12-28-20(24)17-11-15(29(4,25)26)6-7-18(17)21/h6-7,10-11H,5,8-9,12H2,1-4H3. The van der Waals surface area contributed by atoms with Gasteiger partial charge in [0.05, 0.1) is 15.5 Å². The first-order valence-electron chi connectivity index (χ1n) is 8.92. The molecule has 0 unspecified atom stereocenters. The van der Waals surface area contributed by atoms with Gasteiger partial charge in [-0.15, -0.1) is 0 Å². The highest BCUT2D eigenvalue weighted by atomic mass is 35.5. The van der Waals surface area contributed by atoms with Crippen LogP contribution in [0.5, 0.6) is 0 Å². The Morgan fingerprint density at radius 2 is 1.83 bits per heavy atom. The van der Waals surface area contributed by atoms with E-state index < -0.39 is 22.4 Å². The molecule has 0 fully saturated rings. The van der Waals surface area contributed by atoms with Gasteiger partial charge in [0, 0.05) is 43.5 Å². The van der Waals surface area contributed by atoms with Gasteiger partial charge in [-0.25, -0.2) is 13.2 Å². The fraction of sp³-hybridized carbons (Fsp3) is 0.400. The SMILES string of the molecule is COCCCn1c(C)cc(C(=O)COC(=O)c2cc(S(C)(=O)=O)ccc2Cl)c1C. The molecule has 0 aliphatic carbocycles. The van der Waals surface area contributed by atoms with Crippen LogP contribution >= 0.6 is 11.6 Å². The molecule has 2 aromatic rings. The Morgan fingerprint density at radius 1 is 1.14 bits per heavy atom. The van der Waals surface area contributed by atoms with Crippen LogP contribution in [0.4, 0.5) is 0 Å². The van der Waals surface area contributed by atoms with Gasteiger partial charge >= 0.3 is 5.97 Å². The Kier molecular flexibility index (Phi) is 7.62. The van der Waals surface area contributed by atoms with E-state index in [4.69, 9.17) is 21.1 Å². The minimum Gasteiger partial charge on any atom is -0.454 e. The van der Waals surface area contributed by atoms with Gasteiger partial charge in [-0.05, 0) is 44.5 Å². The zero-order valence-corrected chi connectivity index (χ0v) is 18.4. The van der Waals surface area contributed by atoms with Crippen LogP contribution in [-0.4, -0.2) is 51.3 Å². The van der Waals surface area contributed by atoms with Crippen molar-refractivity contribution in [3.8, 4) is 0 Å². The van der Waals surface area contributed by atoms with Gasteiger partial charge in [0.2, 0.25) is 5.78 Å². The maximum Gasteiger partial charge on any atom is 0.340 e. The number of Topliss-reactive ketones (excluding diaryl/α,β-unsaturated/α-hetero) is 1. The summed E-state index contributed by atoms with van der Waals surface area (Å²) in [5.41, 5.74) is 2.09. The van der Waals surface area contributed by atoms with Crippen LogP contribution in [-0.2, 0) is 25.9 Å². The molecule has 0 amide bonds.